The summed E-state index contributed by atoms with van der Waals surface area (Å²) in [6.07, 6.45) is 3.20. The smallest absolute Gasteiger partial charge is 0.200 e. The molecule has 4 aromatic rings. The van der Waals surface area contributed by atoms with Crippen LogP contribution < -0.4 is 0 Å². The van der Waals surface area contributed by atoms with Crippen molar-refractivity contribution in [1.82, 2.24) is 40.3 Å². The van der Waals surface area contributed by atoms with Gasteiger partial charge in [0.05, 0.1) is 34.2 Å². The van der Waals surface area contributed by atoms with Crippen molar-refractivity contribution in [3.63, 3.8) is 0 Å². The Morgan fingerprint density at radius 2 is 1.00 bits per heavy atom. The van der Waals surface area contributed by atoms with Crippen LogP contribution in [0.3, 0.4) is 0 Å². The van der Waals surface area contributed by atoms with Crippen LogP contribution in [0.4, 0.5) is 0 Å². The third-order valence-corrected chi connectivity index (χ3v) is 6.18. The third-order valence-electron chi connectivity index (χ3n) is 6.18. The topological polar surface area (TPSA) is 103 Å². The predicted octanol–water partition coefficient (Wildman–Crippen LogP) is 5.39. The predicted molar refractivity (Wildman–Crippen MR) is 141 cm³/mol. The molecule has 0 aliphatic rings. The molecule has 0 spiro atoms. The fourth-order valence-electron chi connectivity index (χ4n) is 4.00. The van der Waals surface area contributed by atoms with Crippen LogP contribution in [0, 0.1) is 0 Å². The molecular formula is C28H34N8. The van der Waals surface area contributed by atoms with Crippen LogP contribution in [-0.2, 0) is 31.1 Å². The van der Waals surface area contributed by atoms with E-state index in [1.165, 1.54) is 0 Å². The summed E-state index contributed by atoms with van der Waals surface area (Å²) in [7, 11) is 0. The van der Waals surface area contributed by atoms with E-state index in [1.54, 1.807) is 0 Å². The average molecular weight is 483 g/mol. The lowest BCUT2D eigenvalue weighted by Crippen LogP contribution is -2.13. The lowest BCUT2D eigenvalue weighted by molar-refractivity contribution is 0.589. The van der Waals surface area contributed by atoms with Gasteiger partial charge in [-0.3, -0.25) is 0 Å². The quantitative estimate of drug-likeness (QED) is 0.345. The van der Waals surface area contributed by atoms with Gasteiger partial charge in [-0.1, -0.05) is 54.5 Å². The zero-order valence-corrected chi connectivity index (χ0v) is 22.3. The number of pyridine rings is 2. The highest BCUT2D eigenvalue weighted by molar-refractivity contribution is 5.64. The minimum absolute atomic E-state index is 0.104. The summed E-state index contributed by atoms with van der Waals surface area (Å²) in [5, 5.41) is 17.6. The van der Waals surface area contributed by atoms with Crippen LogP contribution in [0.1, 0.15) is 76.8 Å². The van der Waals surface area contributed by atoms with Crippen LogP contribution in [-0.4, -0.2) is 40.3 Å². The molecule has 0 bridgehead atoms. The SMILES string of the molecule is CCc1nnc(-c2cccc(-c3cc(C(C)(C)C)cc(-c4nnc(CC)c(CC)n4)n3)n2)nc1CC. The molecule has 0 amide bonds. The highest BCUT2D eigenvalue weighted by Gasteiger charge is 2.20. The highest BCUT2D eigenvalue weighted by atomic mass is 15.2. The van der Waals surface area contributed by atoms with Crippen molar-refractivity contribution in [1.29, 1.82) is 0 Å². The van der Waals surface area contributed by atoms with E-state index < -0.39 is 0 Å². The van der Waals surface area contributed by atoms with Crippen LogP contribution in [0.2, 0.25) is 0 Å². The van der Waals surface area contributed by atoms with Gasteiger partial charge in [0.1, 0.15) is 11.4 Å². The van der Waals surface area contributed by atoms with E-state index in [-0.39, 0.29) is 5.41 Å². The second kappa shape index (κ2) is 10.5. The van der Waals surface area contributed by atoms with Crippen molar-refractivity contribution in [3.05, 3.63) is 58.7 Å². The second-order valence-electron chi connectivity index (χ2n) is 9.76. The van der Waals surface area contributed by atoms with E-state index in [0.29, 0.717) is 23.0 Å². The first-order valence-electron chi connectivity index (χ1n) is 12.7. The fraction of sp³-hybridized carbons (Fsp3) is 0.429. The molecule has 4 heterocycles. The van der Waals surface area contributed by atoms with E-state index >= 15 is 0 Å². The molecule has 0 saturated heterocycles. The molecule has 0 unspecified atom stereocenters. The molecule has 0 aliphatic carbocycles. The molecule has 0 fully saturated rings. The zero-order chi connectivity index (χ0) is 25.9. The van der Waals surface area contributed by atoms with Gasteiger partial charge >= 0.3 is 0 Å². The summed E-state index contributed by atoms with van der Waals surface area (Å²) in [6, 6.07) is 9.95. The number of hydrogen-bond acceptors (Lipinski definition) is 8. The normalized spacial score (nSPS) is 11.6. The number of aromatic nitrogens is 8. The van der Waals surface area contributed by atoms with Crippen molar-refractivity contribution in [3.8, 4) is 34.4 Å². The Balaban J connectivity index is 1.83. The van der Waals surface area contributed by atoms with Gasteiger partial charge in [-0.05, 0) is 60.9 Å². The molecule has 8 nitrogen and oxygen atoms in total. The zero-order valence-electron chi connectivity index (χ0n) is 22.3. The van der Waals surface area contributed by atoms with Crippen molar-refractivity contribution in [2.24, 2.45) is 0 Å². The molecule has 0 radical (unpaired) electrons. The van der Waals surface area contributed by atoms with Gasteiger partial charge in [0.15, 0.2) is 0 Å². The standard InChI is InChI=1S/C28H34N8/c1-8-18-20(10-3)33-35-26(31-18)23-14-12-13-22(29-23)24-15-17(28(5,6)7)16-25(30-24)27-32-19(9-2)21(11-4)34-36-27/h12-16H,8-11H2,1-7H3. The first-order chi connectivity index (χ1) is 17.3. The first-order valence-corrected chi connectivity index (χ1v) is 12.7. The minimum atomic E-state index is -0.104. The highest BCUT2D eigenvalue weighted by Crippen LogP contribution is 2.30. The minimum Gasteiger partial charge on any atom is -0.243 e. The summed E-state index contributed by atoms with van der Waals surface area (Å²) in [4.78, 5) is 19.4. The molecule has 0 atom stereocenters. The number of hydrogen-bond donors (Lipinski definition) is 0. The molecule has 4 rings (SSSR count). The molecule has 0 aromatic carbocycles. The summed E-state index contributed by atoms with van der Waals surface area (Å²) in [6.45, 7) is 14.8. The van der Waals surface area contributed by atoms with E-state index in [4.69, 9.17) is 19.9 Å². The lowest BCUT2D eigenvalue weighted by Gasteiger charge is -2.20. The second-order valence-corrected chi connectivity index (χ2v) is 9.76. The molecule has 0 N–H and O–H groups in total. The van der Waals surface area contributed by atoms with Crippen LogP contribution >= 0.6 is 0 Å². The maximum absolute atomic E-state index is 4.93. The molecule has 0 saturated carbocycles. The molecular weight excluding hydrogens is 448 g/mol. The van der Waals surface area contributed by atoms with Gasteiger partial charge in [-0.25, -0.2) is 19.9 Å². The Morgan fingerprint density at radius 1 is 0.528 bits per heavy atom. The van der Waals surface area contributed by atoms with Gasteiger partial charge in [-0.15, -0.1) is 10.2 Å². The molecule has 0 aliphatic heterocycles. The summed E-state index contributed by atoms with van der Waals surface area (Å²) >= 11 is 0. The van der Waals surface area contributed by atoms with Gasteiger partial charge in [0, 0.05) is 0 Å². The molecule has 8 heteroatoms. The van der Waals surface area contributed by atoms with Crippen molar-refractivity contribution in [2.75, 3.05) is 0 Å². The Labute approximate surface area is 213 Å². The monoisotopic (exact) mass is 482 g/mol. The van der Waals surface area contributed by atoms with Crippen molar-refractivity contribution >= 4 is 0 Å². The van der Waals surface area contributed by atoms with Gasteiger partial charge in [0.25, 0.3) is 0 Å². The number of nitrogens with zero attached hydrogens (tertiary/aromatic N) is 8. The maximum Gasteiger partial charge on any atom is 0.200 e. The van der Waals surface area contributed by atoms with Crippen molar-refractivity contribution < 1.29 is 0 Å². The van der Waals surface area contributed by atoms with Crippen LogP contribution in [0.5, 0.6) is 0 Å². The lowest BCUT2D eigenvalue weighted by atomic mass is 9.86. The maximum atomic E-state index is 4.93. The molecule has 36 heavy (non-hydrogen) atoms. The molecule has 4 aromatic heterocycles. The number of aryl methyl sites for hydroxylation is 4. The number of rotatable bonds is 7. The summed E-state index contributed by atoms with van der Waals surface area (Å²) < 4.78 is 0. The Morgan fingerprint density at radius 3 is 1.53 bits per heavy atom. The fourth-order valence-corrected chi connectivity index (χ4v) is 4.00. The van der Waals surface area contributed by atoms with Gasteiger partial charge in [0.2, 0.25) is 11.6 Å². The third kappa shape index (κ3) is 5.27. The van der Waals surface area contributed by atoms with Crippen LogP contribution in [0.15, 0.2) is 30.3 Å². The van der Waals surface area contributed by atoms with E-state index in [1.807, 2.05) is 18.2 Å². The summed E-state index contributed by atoms with van der Waals surface area (Å²) in [5.41, 5.74) is 7.61. The van der Waals surface area contributed by atoms with E-state index in [2.05, 4.69) is 81.0 Å². The van der Waals surface area contributed by atoms with E-state index in [0.717, 1.165) is 65.4 Å². The van der Waals surface area contributed by atoms with E-state index in [9.17, 15) is 0 Å². The van der Waals surface area contributed by atoms with Crippen molar-refractivity contribution in [2.45, 2.75) is 79.6 Å². The first kappa shape index (κ1) is 25.4. The average Bonchev–Trinajstić information content (AvgIpc) is 2.91. The summed E-state index contributed by atoms with van der Waals surface area (Å²) in [5.74, 6) is 1.05. The van der Waals surface area contributed by atoms with Gasteiger partial charge < -0.3 is 0 Å². The largest absolute Gasteiger partial charge is 0.243 e. The Hall–Kier alpha value is -3.68. The Kier molecular flexibility index (Phi) is 7.43. The molecule has 186 valence electrons. The van der Waals surface area contributed by atoms with Gasteiger partial charge in [-0.2, -0.15) is 10.2 Å². The van der Waals surface area contributed by atoms with Crippen LogP contribution in [0.25, 0.3) is 34.4 Å². The Bertz CT molecular complexity index is 1370.